The molecule has 0 bridgehead atoms. The van der Waals surface area contributed by atoms with Crippen molar-refractivity contribution in [2.24, 2.45) is 0 Å². The minimum absolute atomic E-state index is 0.115. The molecule has 0 saturated heterocycles. The molecule has 0 radical (unpaired) electrons. The minimum atomic E-state index is -1.02. The van der Waals surface area contributed by atoms with Gasteiger partial charge < -0.3 is 9.84 Å². The second-order valence-corrected chi connectivity index (χ2v) is 4.05. The molecule has 0 aromatic carbocycles. The van der Waals surface area contributed by atoms with E-state index in [1.807, 2.05) is 0 Å². The van der Waals surface area contributed by atoms with Crippen LogP contribution in [0, 0.1) is 0 Å². The van der Waals surface area contributed by atoms with Gasteiger partial charge in [-0.25, -0.2) is 9.78 Å². The summed E-state index contributed by atoms with van der Waals surface area (Å²) in [4.78, 5) is 18.4. The molecule has 2 aromatic heterocycles. The first-order valence-electron chi connectivity index (χ1n) is 4.63. The minimum Gasteiger partial charge on any atom is -0.478 e. The van der Waals surface area contributed by atoms with E-state index >= 15 is 0 Å². The Morgan fingerprint density at radius 2 is 2.12 bits per heavy atom. The summed E-state index contributed by atoms with van der Waals surface area (Å²) in [5.74, 6) is -0.182. The molecule has 86 valence electrons. The zero-order chi connectivity index (χ0) is 12.3. The van der Waals surface area contributed by atoms with E-state index in [4.69, 9.17) is 9.84 Å². The zero-order valence-corrected chi connectivity index (χ0v) is 10.1. The molecule has 0 aliphatic carbocycles. The van der Waals surface area contributed by atoms with Crippen molar-refractivity contribution in [2.75, 3.05) is 0 Å². The fourth-order valence-electron chi connectivity index (χ4n) is 1.14. The number of halogens is 1. The van der Waals surface area contributed by atoms with Crippen molar-refractivity contribution < 1.29 is 14.6 Å². The van der Waals surface area contributed by atoms with Crippen molar-refractivity contribution in [3.63, 3.8) is 0 Å². The Hall–Kier alpha value is -1.95. The van der Waals surface area contributed by atoms with Gasteiger partial charge in [0.2, 0.25) is 5.88 Å². The molecule has 2 rings (SSSR count). The van der Waals surface area contributed by atoms with Crippen molar-refractivity contribution in [3.8, 4) is 11.6 Å². The van der Waals surface area contributed by atoms with Gasteiger partial charge in [0.1, 0.15) is 5.75 Å². The van der Waals surface area contributed by atoms with Crippen LogP contribution in [0.5, 0.6) is 11.6 Å². The number of hydrogen-bond donors (Lipinski definition) is 1. The van der Waals surface area contributed by atoms with Crippen LogP contribution in [0.15, 0.2) is 41.3 Å². The number of carboxylic acids is 1. The number of rotatable bonds is 3. The van der Waals surface area contributed by atoms with Crippen LogP contribution in [0.4, 0.5) is 0 Å². The molecular weight excluding hydrogens is 288 g/mol. The molecular formula is C11H7BrN2O3. The highest BCUT2D eigenvalue weighted by Gasteiger charge is 2.04. The van der Waals surface area contributed by atoms with E-state index in [2.05, 4.69) is 25.9 Å². The average molecular weight is 295 g/mol. The molecule has 0 aliphatic heterocycles. The molecule has 1 N–H and O–H groups in total. The highest BCUT2D eigenvalue weighted by atomic mass is 79.9. The molecule has 0 aliphatic rings. The normalized spacial score (nSPS) is 9.94. The molecule has 0 spiro atoms. The van der Waals surface area contributed by atoms with Crippen molar-refractivity contribution >= 4 is 21.9 Å². The first kappa shape index (κ1) is 11.5. The van der Waals surface area contributed by atoms with E-state index in [9.17, 15) is 4.79 Å². The topological polar surface area (TPSA) is 72.3 Å². The van der Waals surface area contributed by atoms with Crippen molar-refractivity contribution in [1.29, 1.82) is 0 Å². The first-order chi connectivity index (χ1) is 8.15. The second-order valence-electron chi connectivity index (χ2n) is 3.13. The number of hydrogen-bond acceptors (Lipinski definition) is 4. The Morgan fingerprint density at radius 1 is 1.29 bits per heavy atom. The number of carboxylic acid groups (broad SMARTS) is 1. The molecule has 6 heteroatoms. The summed E-state index contributed by atoms with van der Waals surface area (Å²) < 4.78 is 6.19. The lowest BCUT2D eigenvalue weighted by Gasteiger charge is -2.04. The number of aromatic carboxylic acids is 1. The smallest absolute Gasteiger partial charge is 0.337 e. The molecule has 0 amide bonds. The molecule has 0 fully saturated rings. The van der Waals surface area contributed by atoms with Gasteiger partial charge in [0.05, 0.1) is 11.8 Å². The van der Waals surface area contributed by atoms with Crippen LogP contribution in [-0.4, -0.2) is 21.0 Å². The van der Waals surface area contributed by atoms with Crippen LogP contribution in [0.3, 0.4) is 0 Å². The van der Waals surface area contributed by atoms with Gasteiger partial charge in [-0.3, -0.25) is 4.98 Å². The highest BCUT2D eigenvalue weighted by Crippen LogP contribution is 2.21. The highest BCUT2D eigenvalue weighted by molar-refractivity contribution is 9.10. The lowest BCUT2D eigenvalue weighted by atomic mass is 10.3. The number of carbonyl (C=O) groups is 1. The zero-order valence-electron chi connectivity index (χ0n) is 8.50. The van der Waals surface area contributed by atoms with E-state index in [-0.39, 0.29) is 5.56 Å². The van der Waals surface area contributed by atoms with Gasteiger partial charge in [-0.2, -0.15) is 0 Å². The molecule has 2 aromatic rings. The van der Waals surface area contributed by atoms with Crippen molar-refractivity contribution in [2.45, 2.75) is 0 Å². The molecule has 2 heterocycles. The second kappa shape index (κ2) is 4.92. The van der Waals surface area contributed by atoms with Crippen LogP contribution in [0.25, 0.3) is 0 Å². The summed E-state index contributed by atoms with van der Waals surface area (Å²) in [5.41, 5.74) is 0.115. The Balaban J connectivity index is 2.16. The van der Waals surface area contributed by atoms with Crippen LogP contribution in [-0.2, 0) is 0 Å². The molecule has 0 saturated carbocycles. The van der Waals surface area contributed by atoms with Crippen LogP contribution < -0.4 is 4.74 Å². The van der Waals surface area contributed by atoms with Gasteiger partial charge in [-0.15, -0.1) is 0 Å². The SMILES string of the molecule is O=C(O)c1ccc(Oc2cncc(Br)c2)nc1. The lowest BCUT2D eigenvalue weighted by molar-refractivity contribution is 0.0696. The van der Waals surface area contributed by atoms with Gasteiger partial charge >= 0.3 is 5.97 Å². The first-order valence-corrected chi connectivity index (χ1v) is 5.42. The number of ether oxygens (including phenoxy) is 1. The van der Waals surface area contributed by atoms with Crippen LogP contribution in [0.2, 0.25) is 0 Å². The molecule has 5 nitrogen and oxygen atoms in total. The fourth-order valence-corrected chi connectivity index (χ4v) is 1.48. The maximum atomic E-state index is 10.6. The van der Waals surface area contributed by atoms with E-state index in [1.165, 1.54) is 24.5 Å². The van der Waals surface area contributed by atoms with Crippen LogP contribution >= 0.6 is 15.9 Å². The Morgan fingerprint density at radius 3 is 2.71 bits per heavy atom. The van der Waals surface area contributed by atoms with E-state index in [0.29, 0.717) is 11.6 Å². The standard InChI is InChI=1S/C11H7BrN2O3/c12-8-3-9(6-13-5-8)17-10-2-1-7(4-14-10)11(15)16/h1-6H,(H,15,16). The molecule has 0 atom stereocenters. The maximum Gasteiger partial charge on any atom is 0.337 e. The van der Waals surface area contributed by atoms with Crippen molar-refractivity contribution in [3.05, 3.63) is 46.8 Å². The van der Waals surface area contributed by atoms with Crippen molar-refractivity contribution in [1.82, 2.24) is 9.97 Å². The summed E-state index contributed by atoms with van der Waals surface area (Å²) >= 11 is 3.27. The third kappa shape index (κ3) is 3.01. The quantitative estimate of drug-likeness (QED) is 0.942. The largest absolute Gasteiger partial charge is 0.478 e. The van der Waals surface area contributed by atoms with E-state index in [1.54, 1.807) is 12.3 Å². The van der Waals surface area contributed by atoms with Gasteiger partial charge in [0.25, 0.3) is 0 Å². The van der Waals surface area contributed by atoms with E-state index < -0.39 is 5.97 Å². The summed E-state index contributed by atoms with van der Waals surface area (Å²) in [6.07, 6.45) is 4.41. The predicted molar refractivity (Wildman–Crippen MR) is 63.2 cm³/mol. The summed E-state index contributed by atoms with van der Waals surface area (Å²) in [6.45, 7) is 0. The van der Waals surface area contributed by atoms with Gasteiger partial charge in [-0.05, 0) is 28.1 Å². The van der Waals surface area contributed by atoms with Gasteiger partial charge in [0.15, 0.2) is 0 Å². The van der Waals surface area contributed by atoms with Gasteiger partial charge in [-0.1, -0.05) is 0 Å². The number of pyridine rings is 2. The average Bonchev–Trinajstić information content (AvgIpc) is 2.29. The number of aromatic nitrogens is 2. The third-order valence-corrected chi connectivity index (χ3v) is 2.32. The maximum absolute atomic E-state index is 10.6. The Bertz CT molecular complexity index is 543. The molecule has 17 heavy (non-hydrogen) atoms. The monoisotopic (exact) mass is 294 g/mol. The number of nitrogens with zero attached hydrogens (tertiary/aromatic N) is 2. The lowest BCUT2D eigenvalue weighted by Crippen LogP contribution is -1.97. The van der Waals surface area contributed by atoms with Crippen LogP contribution in [0.1, 0.15) is 10.4 Å². The summed E-state index contributed by atoms with van der Waals surface area (Å²) in [7, 11) is 0. The fraction of sp³-hybridized carbons (Fsp3) is 0. The Labute approximate surface area is 105 Å². The summed E-state index contributed by atoms with van der Waals surface area (Å²) in [5, 5.41) is 8.70. The third-order valence-electron chi connectivity index (χ3n) is 1.89. The molecule has 0 unspecified atom stereocenters. The van der Waals surface area contributed by atoms with E-state index in [0.717, 1.165) is 4.47 Å². The summed E-state index contributed by atoms with van der Waals surface area (Å²) in [6, 6.07) is 4.65. The van der Waals surface area contributed by atoms with Gasteiger partial charge in [0, 0.05) is 22.9 Å². The predicted octanol–water partition coefficient (Wildman–Crippen LogP) is 2.73. The Kier molecular flexibility index (Phi) is 3.34.